The maximum atomic E-state index is 12.2. The molecule has 1 atom stereocenters. The molecule has 2 N–H and O–H groups in total. The van der Waals surface area contributed by atoms with E-state index in [1.807, 2.05) is 0 Å². The Morgan fingerprint density at radius 2 is 1.74 bits per heavy atom. The molecule has 0 heterocycles. The van der Waals surface area contributed by atoms with Crippen LogP contribution in [0.5, 0.6) is 0 Å². The van der Waals surface area contributed by atoms with E-state index in [9.17, 15) is 13.2 Å². The molecule has 5 nitrogen and oxygen atoms in total. The molecule has 0 bridgehead atoms. The third kappa shape index (κ3) is 4.14. The zero-order valence-corrected chi connectivity index (χ0v) is 12.7. The van der Waals surface area contributed by atoms with Crippen molar-refractivity contribution in [2.75, 3.05) is 0 Å². The van der Waals surface area contributed by atoms with Gasteiger partial charge in [-0.1, -0.05) is 52.5 Å². The van der Waals surface area contributed by atoms with Crippen molar-refractivity contribution in [3.63, 3.8) is 0 Å². The van der Waals surface area contributed by atoms with Crippen LogP contribution >= 0.6 is 34.8 Å². The second kappa shape index (κ2) is 5.75. The van der Waals surface area contributed by atoms with Crippen molar-refractivity contribution in [2.24, 2.45) is 0 Å². The summed E-state index contributed by atoms with van der Waals surface area (Å²) in [7, 11) is -4.16. The summed E-state index contributed by atoms with van der Waals surface area (Å²) in [6, 6.07) is 5.75. The molecule has 19 heavy (non-hydrogen) atoms. The van der Waals surface area contributed by atoms with Crippen LogP contribution in [0.25, 0.3) is 0 Å². The van der Waals surface area contributed by atoms with Gasteiger partial charge >= 0.3 is 6.09 Å². The molecule has 1 rings (SSSR count). The van der Waals surface area contributed by atoms with Gasteiger partial charge in [-0.25, -0.2) is 13.2 Å². The molecule has 1 amide bonds. The zero-order valence-electron chi connectivity index (χ0n) is 9.60. The first-order chi connectivity index (χ1) is 8.55. The Labute approximate surface area is 125 Å². The summed E-state index contributed by atoms with van der Waals surface area (Å²) in [5.41, 5.74) is 0.843. The quantitative estimate of drug-likeness (QED) is 0.824. The van der Waals surface area contributed by atoms with Crippen LogP contribution in [0.4, 0.5) is 4.79 Å². The molecule has 0 spiro atoms. The summed E-state index contributed by atoms with van der Waals surface area (Å²) in [6.07, 6.45) is -1.60. The highest BCUT2D eigenvalue weighted by atomic mass is 35.6. The van der Waals surface area contributed by atoms with E-state index >= 15 is 0 Å². The number of hydrogen-bond acceptors (Lipinski definition) is 3. The summed E-state index contributed by atoms with van der Waals surface area (Å²) in [5, 5.41) is 8.46. The summed E-state index contributed by atoms with van der Waals surface area (Å²) in [5.74, 6) is 0. The number of carbonyl (C=O) groups is 1. The number of rotatable bonds is 3. The van der Waals surface area contributed by atoms with Gasteiger partial charge in [0.05, 0.1) is 4.90 Å². The van der Waals surface area contributed by atoms with Crippen molar-refractivity contribution in [3.8, 4) is 0 Å². The number of amides is 1. The predicted octanol–water partition coefficient (Wildman–Crippen LogP) is 2.73. The second-order valence-corrected chi connectivity index (χ2v) is 8.13. The highest BCUT2D eigenvalue weighted by molar-refractivity contribution is 7.92. The fourth-order valence-corrected chi connectivity index (χ4v) is 3.93. The van der Waals surface area contributed by atoms with Gasteiger partial charge in [-0.3, -0.25) is 0 Å². The lowest BCUT2D eigenvalue weighted by molar-refractivity contribution is 0.193. The predicted molar refractivity (Wildman–Crippen MR) is 73.6 cm³/mol. The minimum atomic E-state index is -4.16. The van der Waals surface area contributed by atoms with E-state index in [2.05, 4.69) is 0 Å². The van der Waals surface area contributed by atoms with Gasteiger partial charge in [0.1, 0.15) is 0 Å². The SMILES string of the molecule is Cc1ccc(S(=O)(=O)[C@@H](NC(=O)O)C(Cl)(Cl)Cl)cc1. The van der Waals surface area contributed by atoms with Crippen LogP contribution in [-0.4, -0.2) is 28.8 Å². The van der Waals surface area contributed by atoms with E-state index in [1.165, 1.54) is 12.1 Å². The Balaban J connectivity index is 3.27. The minimum absolute atomic E-state index is 0.136. The highest BCUT2D eigenvalue weighted by Crippen LogP contribution is 2.35. The average molecular weight is 347 g/mol. The Morgan fingerprint density at radius 3 is 2.11 bits per heavy atom. The van der Waals surface area contributed by atoms with E-state index < -0.39 is 25.1 Å². The molecule has 0 aliphatic heterocycles. The van der Waals surface area contributed by atoms with Crippen molar-refractivity contribution in [1.29, 1.82) is 0 Å². The average Bonchev–Trinajstić information content (AvgIpc) is 2.24. The van der Waals surface area contributed by atoms with Crippen molar-refractivity contribution in [2.45, 2.75) is 21.0 Å². The first kappa shape index (κ1) is 16.4. The lowest BCUT2D eigenvalue weighted by atomic mass is 10.2. The van der Waals surface area contributed by atoms with Crippen molar-refractivity contribution in [1.82, 2.24) is 5.32 Å². The maximum Gasteiger partial charge on any atom is 0.405 e. The van der Waals surface area contributed by atoms with Gasteiger partial charge < -0.3 is 10.4 Å². The summed E-state index contributed by atoms with van der Waals surface area (Å²) < 4.78 is 22.2. The molecule has 0 fully saturated rings. The lowest BCUT2D eigenvalue weighted by Gasteiger charge is -2.24. The van der Waals surface area contributed by atoms with E-state index in [4.69, 9.17) is 39.9 Å². The maximum absolute atomic E-state index is 12.2. The molecule has 9 heteroatoms. The van der Waals surface area contributed by atoms with E-state index in [0.717, 1.165) is 5.56 Å². The van der Waals surface area contributed by atoms with Crippen molar-refractivity contribution >= 4 is 50.7 Å². The first-order valence-corrected chi connectivity index (χ1v) is 7.60. The molecule has 106 valence electrons. The van der Waals surface area contributed by atoms with E-state index in [1.54, 1.807) is 24.4 Å². The number of nitrogens with one attached hydrogen (secondary N) is 1. The summed E-state index contributed by atoms with van der Waals surface area (Å²) in [6.45, 7) is 1.78. The molecule has 0 aliphatic carbocycles. The standard InChI is InChI=1S/C10H10Cl3NO4S/c1-6-2-4-7(5-3-6)19(17,18)8(10(11,12)13)14-9(15)16/h2-5,8,14H,1H3,(H,15,16)/t8-/m1/s1. The topological polar surface area (TPSA) is 83.5 Å². The van der Waals surface area contributed by atoms with Crippen LogP contribution < -0.4 is 5.32 Å². The number of benzene rings is 1. The highest BCUT2D eigenvalue weighted by Gasteiger charge is 2.44. The Kier molecular flexibility index (Phi) is 4.95. The van der Waals surface area contributed by atoms with Gasteiger partial charge in [0, 0.05) is 0 Å². The smallest absolute Gasteiger partial charge is 0.405 e. The third-order valence-corrected chi connectivity index (χ3v) is 5.28. The van der Waals surface area contributed by atoms with Crippen molar-refractivity contribution < 1.29 is 18.3 Å². The largest absolute Gasteiger partial charge is 0.465 e. The first-order valence-electron chi connectivity index (χ1n) is 4.92. The molecular formula is C10H10Cl3NO4S. The number of carboxylic acid groups (broad SMARTS) is 1. The van der Waals surface area contributed by atoms with Gasteiger partial charge in [-0.15, -0.1) is 0 Å². The number of halogens is 3. The fraction of sp³-hybridized carbons (Fsp3) is 0.300. The molecule has 0 saturated heterocycles. The Morgan fingerprint density at radius 1 is 1.26 bits per heavy atom. The molecule has 0 aliphatic rings. The lowest BCUT2D eigenvalue weighted by Crippen LogP contribution is -2.48. The number of alkyl halides is 3. The van der Waals surface area contributed by atoms with E-state index in [0.29, 0.717) is 0 Å². The molecule has 0 unspecified atom stereocenters. The number of sulfone groups is 1. The van der Waals surface area contributed by atoms with Gasteiger partial charge in [0.25, 0.3) is 0 Å². The van der Waals surface area contributed by atoms with E-state index in [-0.39, 0.29) is 4.90 Å². The van der Waals surface area contributed by atoms with Crippen LogP contribution in [0.3, 0.4) is 0 Å². The van der Waals surface area contributed by atoms with Gasteiger partial charge in [-0.05, 0) is 19.1 Å². The van der Waals surface area contributed by atoms with Crippen LogP contribution in [0.2, 0.25) is 0 Å². The second-order valence-electron chi connectivity index (χ2n) is 3.73. The van der Waals surface area contributed by atoms with Crippen LogP contribution in [0.1, 0.15) is 5.56 Å². The monoisotopic (exact) mass is 345 g/mol. The Hall–Kier alpha value is -0.690. The normalized spacial score (nSPS) is 13.9. The minimum Gasteiger partial charge on any atom is -0.465 e. The molecule has 1 aromatic carbocycles. The summed E-state index contributed by atoms with van der Waals surface area (Å²) in [4.78, 5) is 10.5. The zero-order chi connectivity index (χ0) is 14.8. The Bertz CT molecular complexity index is 565. The van der Waals surface area contributed by atoms with Gasteiger partial charge in [-0.2, -0.15) is 0 Å². The molecule has 0 radical (unpaired) electrons. The van der Waals surface area contributed by atoms with Gasteiger partial charge in [0.15, 0.2) is 5.37 Å². The number of hydrogen-bond donors (Lipinski definition) is 2. The fourth-order valence-electron chi connectivity index (χ4n) is 1.31. The molecule has 1 aromatic rings. The molecule has 0 aromatic heterocycles. The van der Waals surface area contributed by atoms with Gasteiger partial charge in [0.2, 0.25) is 13.6 Å². The summed E-state index contributed by atoms with van der Waals surface area (Å²) >= 11 is 16.6. The van der Waals surface area contributed by atoms with Crippen LogP contribution in [-0.2, 0) is 9.84 Å². The third-order valence-electron chi connectivity index (χ3n) is 2.21. The van der Waals surface area contributed by atoms with Crippen molar-refractivity contribution in [3.05, 3.63) is 29.8 Å². The number of aryl methyl sites for hydroxylation is 1. The molecule has 0 saturated carbocycles. The van der Waals surface area contributed by atoms with Crippen LogP contribution in [0, 0.1) is 6.92 Å². The van der Waals surface area contributed by atoms with Crippen LogP contribution in [0.15, 0.2) is 29.2 Å². The molecular weight excluding hydrogens is 337 g/mol.